The Labute approximate surface area is 166 Å². The van der Waals surface area contributed by atoms with Crippen LogP contribution in [0.2, 0.25) is 0 Å². The molecule has 2 aliphatic carbocycles. The molecule has 1 N–H and O–H groups in total. The molecule has 1 spiro atoms. The number of carbonyl (C=O) groups is 3. The Morgan fingerprint density at radius 3 is 2.50 bits per heavy atom. The number of aliphatic hydroxyl groups is 1. The molecule has 0 amide bonds. The molecule has 0 aromatic carbocycles. The van der Waals surface area contributed by atoms with Crippen molar-refractivity contribution in [3.05, 3.63) is 11.6 Å². The molecule has 2 saturated carbocycles. The van der Waals surface area contributed by atoms with Crippen molar-refractivity contribution in [2.24, 2.45) is 29.1 Å². The fourth-order valence-electron chi connectivity index (χ4n) is 6.26. The summed E-state index contributed by atoms with van der Waals surface area (Å²) in [6.45, 7) is 10.8. The maximum Gasteiger partial charge on any atom is 0.352 e. The summed E-state index contributed by atoms with van der Waals surface area (Å²) < 4.78 is 11.2. The zero-order valence-electron chi connectivity index (χ0n) is 17.7. The van der Waals surface area contributed by atoms with E-state index in [2.05, 4.69) is 6.92 Å². The molecule has 3 aliphatic rings. The maximum atomic E-state index is 13.9. The predicted molar refractivity (Wildman–Crippen MR) is 102 cm³/mol. The zero-order chi connectivity index (χ0) is 21.1. The van der Waals surface area contributed by atoms with E-state index in [4.69, 9.17) is 9.47 Å². The highest BCUT2D eigenvalue weighted by Crippen LogP contribution is 2.68. The highest BCUT2D eigenvalue weighted by Gasteiger charge is 2.81. The molecule has 6 nitrogen and oxygen atoms in total. The van der Waals surface area contributed by atoms with Crippen LogP contribution in [0.1, 0.15) is 60.8 Å². The average Bonchev–Trinajstić information content (AvgIpc) is 2.87. The smallest absolute Gasteiger partial charge is 0.352 e. The van der Waals surface area contributed by atoms with Gasteiger partial charge in [0.15, 0.2) is 5.78 Å². The molecule has 1 heterocycles. The van der Waals surface area contributed by atoms with E-state index in [0.29, 0.717) is 12.8 Å². The highest BCUT2D eigenvalue weighted by molar-refractivity contribution is 6.15. The van der Waals surface area contributed by atoms with Crippen LogP contribution >= 0.6 is 0 Å². The molecule has 0 bridgehead atoms. The summed E-state index contributed by atoms with van der Waals surface area (Å²) in [5, 5.41) is 10.8. The first-order valence-electron chi connectivity index (χ1n) is 10.3. The number of hydrogen-bond donors (Lipinski definition) is 1. The Morgan fingerprint density at radius 1 is 1.29 bits per heavy atom. The molecule has 3 rings (SSSR count). The van der Waals surface area contributed by atoms with Gasteiger partial charge in [-0.15, -0.1) is 0 Å². The van der Waals surface area contributed by atoms with E-state index < -0.39 is 34.3 Å². The van der Waals surface area contributed by atoms with Crippen LogP contribution in [0, 0.1) is 29.1 Å². The van der Waals surface area contributed by atoms with E-state index in [1.165, 1.54) is 6.92 Å². The maximum absolute atomic E-state index is 13.9. The third-order valence-corrected chi connectivity index (χ3v) is 7.28. The van der Waals surface area contributed by atoms with Crippen molar-refractivity contribution >= 4 is 17.7 Å². The summed E-state index contributed by atoms with van der Waals surface area (Å²) in [6, 6.07) is 0. The quantitative estimate of drug-likeness (QED) is 0.451. The van der Waals surface area contributed by atoms with Gasteiger partial charge in [0.25, 0.3) is 0 Å². The monoisotopic (exact) mass is 392 g/mol. The second-order valence-corrected chi connectivity index (χ2v) is 9.26. The van der Waals surface area contributed by atoms with E-state index in [1.807, 2.05) is 26.8 Å². The van der Waals surface area contributed by atoms with E-state index in [0.717, 1.165) is 12.0 Å². The molecular formula is C22H32O6. The van der Waals surface area contributed by atoms with Gasteiger partial charge in [0.2, 0.25) is 11.2 Å². The van der Waals surface area contributed by atoms with Gasteiger partial charge >= 0.3 is 11.9 Å². The van der Waals surface area contributed by atoms with Crippen LogP contribution in [0.15, 0.2) is 11.6 Å². The molecule has 28 heavy (non-hydrogen) atoms. The lowest BCUT2D eigenvalue weighted by Crippen LogP contribution is -2.78. The lowest BCUT2D eigenvalue weighted by Gasteiger charge is -2.60. The van der Waals surface area contributed by atoms with Gasteiger partial charge in [-0.1, -0.05) is 25.5 Å². The molecule has 6 heteroatoms. The van der Waals surface area contributed by atoms with E-state index in [1.54, 1.807) is 6.92 Å². The Hall–Kier alpha value is -1.69. The summed E-state index contributed by atoms with van der Waals surface area (Å²) in [6.07, 6.45) is 4.11. The molecule has 1 saturated heterocycles. The van der Waals surface area contributed by atoms with Crippen LogP contribution in [0.25, 0.3) is 0 Å². The van der Waals surface area contributed by atoms with Gasteiger partial charge in [-0.05, 0) is 64.7 Å². The van der Waals surface area contributed by atoms with Crippen LogP contribution < -0.4 is 0 Å². The molecule has 0 radical (unpaired) electrons. The van der Waals surface area contributed by atoms with Crippen molar-refractivity contribution in [3.8, 4) is 0 Å². The molecular weight excluding hydrogens is 360 g/mol. The SMILES string of the molecule is CCOC(=O)C12OC(=O)C(C)(O)C(=O)C13C(C=C(C)C)CC(C)C3CCC2C. The van der Waals surface area contributed by atoms with Crippen molar-refractivity contribution in [2.75, 3.05) is 6.61 Å². The minimum Gasteiger partial charge on any atom is -0.463 e. The molecule has 0 aromatic rings. The van der Waals surface area contributed by atoms with Crippen LogP contribution in [0.3, 0.4) is 0 Å². The normalized spacial score (nSPS) is 45.0. The molecule has 7 unspecified atom stereocenters. The summed E-state index contributed by atoms with van der Waals surface area (Å²) in [7, 11) is 0. The largest absolute Gasteiger partial charge is 0.463 e. The van der Waals surface area contributed by atoms with Crippen molar-refractivity contribution in [2.45, 2.75) is 72.0 Å². The second-order valence-electron chi connectivity index (χ2n) is 9.26. The molecule has 0 aromatic heterocycles. The van der Waals surface area contributed by atoms with Gasteiger partial charge in [0.1, 0.15) is 0 Å². The highest BCUT2D eigenvalue weighted by atomic mass is 16.6. The number of ketones is 1. The van der Waals surface area contributed by atoms with Gasteiger partial charge in [-0.25, -0.2) is 9.59 Å². The number of rotatable bonds is 3. The number of ether oxygens (including phenoxy) is 2. The summed E-state index contributed by atoms with van der Waals surface area (Å²) in [4.78, 5) is 40.0. The Kier molecular flexibility index (Phi) is 5.02. The lowest BCUT2D eigenvalue weighted by molar-refractivity contribution is -0.255. The van der Waals surface area contributed by atoms with Crippen LogP contribution in [0.5, 0.6) is 0 Å². The molecule has 156 valence electrons. The lowest BCUT2D eigenvalue weighted by atomic mass is 9.47. The van der Waals surface area contributed by atoms with Crippen LogP contribution in [-0.2, 0) is 23.9 Å². The number of esters is 2. The Morgan fingerprint density at radius 2 is 1.93 bits per heavy atom. The number of allylic oxidation sites excluding steroid dienone is 2. The van der Waals surface area contributed by atoms with Gasteiger partial charge in [0, 0.05) is 5.92 Å². The number of carbonyl (C=O) groups excluding carboxylic acids is 3. The molecule has 1 aliphatic heterocycles. The number of Topliss-reactive ketones (excluding diaryl/α,β-unsaturated/α-hetero) is 1. The summed E-state index contributed by atoms with van der Waals surface area (Å²) >= 11 is 0. The standard InChI is InChI=1S/C22H32O6/c1-7-27-19(25)22-14(5)8-9-16-13(4)11-15(10-12(2)3)21(16,22)17(23)20(6,26)18(24)28-22/h10,13-16,26H,7-9,11H2,1-6H3. The minimum absolute atomic E-state index is 0.124. The Bertz CT molecular complexity index is 733. The third kappa shape index (κ3) is 2.39. The van der Waals surface area contributed by atoms with Gasteiger partial charge < -0.3 is 14.6 Å². The van der Waals surface area contributed by atoms with E-state index >= 15 is 0 Å². The zero-order valence-corrected chi connectivity index (χ0v) is 17.7. The second kappa shape index (κ2) is 6.68. The molecule has 3 fully saturated rings. The van der Waals surface area contributed by atoms with Gasteiger partial charge in [-0.3, -0.25) is 4.79 Å². The summed E-state index contributed by atoms with van der Waals surface area (Å²) in [5.74, 6) is -3.02. The van der Waals surface area contributed by atoms with Crippen LogP contribution in [0.4, 0.5) is 0 Å². The minimum atomic E-state index is -2.27. The van der Waals surface area contributed by atoms with E-state index in [9.17, 15) is 19.5 Å². The fourth-order valence-corrected chi connectivity index (χ4v) is 6.26. The van der Waals surface area contributed by atoms with Crippen molar-refractivity contribution in [1.82, 2.24) is 0 Å². The summed E-state index contributed by atoms with van der Waals surface area (Å²) in [5.41, 5.74) is -4.27. The van der Waals surface area contributed by atoms with Gasteiger partial charge in [-0.2, -0.15) is 0 Å². The first-order chi connectivity index (χ1) is 13.0. The van der Waals surface area contributed by atoms with E-state index in [-0.39, 0.29) is 30.3 Å². The fraction of sp³-hybridized carbons (Fsp3) is 0.773. The Balaban J connectivity index is 2.37. The number of hydrogen-bond acceptors (Lipinski definition) is 6. The first-order valence-corrected chi connectivity index (χ1v) is 10.3. The molecule has 7 atom stereocenters. The van der Waals surface area contributed by atoms with Crippen LogP contribution in [-0.4, -0.2) is 40.6 Å². The van der Waals surface area contributed by atoms with Crippen molar-refractivity contribution < 1.29 is 29.0 Å². The average molecular weight is 392 g/mol. The first kappa shape index (κ1) is 21.0. The topological polar surface area (TPSA) is 89.9 Å². The van der Waals surface area contributed by atoms with Crippen molar-refractivity contribution in [1.29, 1.82) is 0 Å². The van der Waals surface area contributed by atoms with Gasteiger partial charge in [0.05, 0.1) is 12.0 Å². The third-order valence-electron chi connectivity index (χ3n) is 7.28. The van der Waals surface area contributed by atoms with Crippen molar-refractivity contribution in [3.63, 3.8) is 0 Å². The predicted octanol–water partition coefficient (Wildman–Crippen LogP) is 2.82.